The van der Waals surface area contributed by atoms with Gasteiger partial charge in [-0.15, -0.1) is 0 Å². The predicted molar refractivity (Wildman–Crippen MR) is 117 cm³/mol. The zero-order valence-electron chi connectivity index (χ0n) is 17.7. The molecule has 160 valence electrons. The summed E-state index contributed by atoms with van der Waals surface area (Å²) in [4.78, 5) is 27.1. The highest BCUT2D eigenvalue weighted by molar-refractivity contribution is 5.94. The number of methoxy groups -OCH3 is 2. The molecule has 2 N–H and O–H groups in total. The second-order valence-corrected chi connectivity index (χ2v) is 7.47. The average molecular weight is 412 g/mol. The molecule has 1 heterocycles. The maximum Gasteiger partial charge on any atom is 0.238 e. The van der Waals surface area contributed by atoms with Crippen molar-refractivity contribution in [3.05, 3.63) is 48.0 Å². The molecule has 2 amide bonds. The third kappa shape index (κ3) is 5.51. The average Bonchev–Trinajstić information content (AvgIpc) is 2.76. The Hall–Kier alpha value is -3.06. The Morgan fingerprint density at radius 3 is 2.40 bits per heavy atom. The first-order valence-corrected chi connectivity index (χ1v) is 10.1. The number of carbonyl (C=O) groups excluding carboxylic acids is 2. The molecule has 2 aromatic carbocycles. The second-order valence-electron chi connectivity index (χ2n) is 7.47. The zero-order chi connectivity index (χ0) is 21.5. The van der Waals surface area contributed by atoms with Gasteiger partial charge in [0.15, 0.2) is 0 Å². The van der Waals surface area contributed by atoms with Gasteiger partial charge >= 0.3 is 0 Å². The monoisotopic (exact) mass is 411 g/mol. The van der Waals surface area contributed by atoms with E-state index < -0.39 is 0 Å². The molecule has 0 radical (unpaired) electrons. The highest BCUT2D eigenvalue weighted by Crippen LogP contribution is 2.29. The summed E-state index contributed by atoms with van der Waals surface area (Å²) in [7, 11) is 3.13. The van der Waals surface area contributed by atoms with Crippen LogP contribution in [0.1, 0.15) is 18.4 Å². The van der Waals surface area contributed by atoms with Crippen molar-refractivity contribution in [1.29, 1.82) is 0 Å². The van der Waals surface area contributed by atoms with Crippen molar-refractivity contribution in [2.75, 3.05) is 44.5 Å². The Balaban J connectivity index is 1.48. The van der Waals surface area contributed by atoms with Gasteiger partial charge < -0.3 is 20.1 Å². The number of likely N-dealkylation sites (tertiary alicyclic amines) is 1. The molecule has 0 atom stereocenters. The number of benzene rings is 2. The quantitative estimate of drug-likeness (QED) is 0.731. The lowest BCUT2D eigenvalue weighted by Crippen LogP contribution is -2.41. The van der Waals surface area contributed by atoms with E-state index in [0.29, 0.717) is 30.3 Å². The maximum absolute atomic E-state index is 12.6. The minimum atomic E-state index is -0.110. The lowest BCUT2D eigenvalue weighted by atomic mass is 9.95. The smallest absolute Gasteiger partial charge is 0.238 e. The molecular weight excluding hydrogens is 382 g/mol. The number of aryl methyl sites for hydroxylation is 1. The normalized spacial score (nSPS) is 14.8. The van der Waals surface area contributed by atoms with Crippen LogP contribution in [-0.2, 0) is 9.59 Å². The number of piperidine rings is 1. The van der Waals surface area contributed by atoms with Crippen LogP contribution in [-0.4, -0.2) is 50.6 Å². The third-order valence-corrected chi connectivity index (χ3v) is 5.41. The van der Waals surface area contributed by atoms with Crippen molar-refractivity contribution >= 4 is 23.2 Å². The van der Waals surface area contributed by atoms with Gasteiger partial charge in [-0.05, 0) is 56.6 Å². The number of para-hydroxylation sites is 1. The van der Waals surface area contributed by atoms with Crippen molar-refractivity contribution in [3.8, 4) is 11.5 Å². The van der Waals surface area contributed by atoms with E-state index in [4.69, 9.17) is 9.47 Å². The van der Waals surface area contributed by atoms with Crippen molar-refractivity contribution in [3.63, 3.8) is 0 Å². The first-order valence-electron chi connectivity index (χ1n) is 10.1. The van der Waals surface area contributed by atoms with E-state index in [9.17, 15) is 9.59 Å². The van der Waals surface area contributed by atoms with E-state index in [-0.39, 0.29) is 24.3 Å². The number of anilines is 2. The molecule has 0 spiro atoms. The summed E-state index contributed by atoms with van der Waals surface area (Å²) in [5.41, 5.74) is 2.52. The summed E-state index contributed by atoms with van der Waals surface area (Å²) in [6.45, 7) is 3.67. The highest BCUT2D eigenvalue weighted by atomic mass is 16.5. The lowest BCUT2D eigenvalue weighted by Gasteiger charge is -2.30. The summed E-state index contributed by atoms with van der Waals surface area (Å²) in [6.07, 6.45) is 1.47. The van der Waals surface area contributed by atoms with Crippen LogP contribution >= 0.6 is 0 Å². The SMILES string of the molecule is COc1ccc(NC(=O)CN2CCC(C(=O)Nc3ccccc3C)CC2)c(OC)c1. The fourth-order valence-electron chi connectivity index (χ4n) is 3.60. The Morgan fingerprint density at radius 1 is 1.00 bits per heavy atom. The number of carbonyl (C=O) groups is 2. The first-order chi connectivity index (χ1) is 14.5. The number of ether oxygens (including phenoxy) is 2. The molecule has 1 fully saturated rings. The molecule has 7 heteroatoms. The van der Waals surface area contributed by atoms with Gasteiger partial charge in [-0.3, -0.25) is 14.5 Å². The molecule has 2 aromatic rings. The van der Waals surface area contributed by atoms with Crippen molar-refractivity contribution in [2.45, 2.75) is 19.8 Å². The zero-order valence-corrected chi connectivity index (χ0v) is 17.7. The summed E-state index contributed by atoms with van der Waals surface area (Å²) in [6, 6.07) is 13.0. The van der Waals surface area contributed by atoms with E-state index in [1.54, 1.807) is 32.4 Å². The minimum absolute atomic E-state index is 0.0365. The van der Waals surface area contributed by atoms with E-state index in [1.807, 2.05) is 31.2 Å². The van der Waals surface area contributed by atoms with Crippen LogP contribution in [0.25, 0.3) is 0 Å². The molecule has 0 unspecified atom stereocenters. The van der Waals surface area contributed by atoms with E-state index >= 15 is 0 Å². The molecule has 1 aliphatic rings. The lowest BCUT2D eigenvalue weighted by molar-refractivity contribution is -0.121. The van der Waals surface area contributed by atoms with E-state index in [0.717, 1.165) is 24.1 Å². The Labute approximate surface area is 177 Å². The molecule has 0 bridgehead atoms. The van der Waals surface area contributed by atoms with E-state index in [1.165, 1.54) is 0 Å². The number of rotatable bonds is 7. The third-order valence-electron chi connectivity index (χ3n) is 5.41. The number of nitrogens with one attached hydrogen (secondary N) is 2. The van der Waals surface area contributed by atoms with Crippen molar-refractivity contribution < 1.29 is 19.1 Å². The predicted octanol–water partition coefficient (Wildman–Crippen LogP) is 3.30. The Kier molecular flexibility index (Phi) is 7.30. The van der Waals surface area contributed by atoms with Crippen LogP contribution in [0, 0.1) is 12.8 Å². The van der Waals surface area contributed by atoms with Gasteiger partial charge in [0.25, 0.3) is 0 Å². The first kappa shape index (κ1) is 21.6. The van der Waals surface area contributed by atoms with Crippen LogP contribution in [0.3, 0.4) is 0 Å². The number of nitrogens with zero attached hydrogens (tertiary/aromatic N) is 1. The van der Waals surface area contributed by atoms with Gasteiger partial charge in [-0.2, -0.15) is 0 Å². The highest BCUT2D eigenvalue weighted by Gasteiger charge is 2.26. The molecule has 7 nitrogen and oxygen atoms in total. The summed E-state index contributed by atoms with van der Waals surface area (Å²) < 4.78 is 10.5. The largest absolute Gasteiger partial charge is 0.497 e. The molecule has 3 rings (SSSR count). The minimum Gasteiger partial charge on any atom is -0.497 e. The van der Waals surface area contributed by atoms with E-state index in [2.05, 4.69) is 15.5 Å². The summed E-state index contributed by atoms with van der Waals surface area (Å²) >= 11 is 0. The van der Waals surface area contributed by atoms with Crippen molar-refractivity contribution in [1.82, 2.24) is 4.90 Å². The van der Waals surface area contributed by atoms with Gasteiger partial charge in [0.2, 0.25) is 11.8 Å². The standard InChI is InChI=1S/C23H29N3O4/c1-16-6-4-5-7-19(16)25-23(28)17-10-12-26(13-11-17)15-22(27)24-20-9-8-18(29-2)14-21(20)30-3/h4-9,14,17H,10-13,15H2,1-3H3,(H,24,27)(H,25,28). The summed E-state index contributed by atoms with van der Waals surface area (Å²) in [5, 5.41) is 5.92. The van der Waals surface area contributed by atoms with Crippen LogP contribution < -0.4 is 20.1 Å². The van der Waals surface area contributed by atoms with Gasteiger partial charge in [0.05, 0.1) is 26.5 Å². The second kappa shape index (κ2) is 10.1. The molecule has 0 saturated carbocycles. The van der Waals surface area contributed by atoms with Gasteiger partial charge in [0.1, 0.15) is 11.5 Å². The number of hydrogen-bond donors (Lipinski definition) is 2. The Bertz CT molecular complexity index is 892. The van der Waals surface area contributed by atoms with Gasteiger partial charge in [-0.1, -0.05) is 18.2 Å². The summed E-state index contributed by atoms with van der Waals surface area (Å²) in [5.74, 6) is 1.12. The topological polar surface area (TPSA) is 79.9 Å². The van der Waals surface area contributed by atoms with Gasteiger partial charge in [-0.25, -0.2) is 0 Å². The van der Waals surface area contributed by atoms with Crippen LogP contribution in [0.15, 0.2) is 42.5 Å². The number of amides is 2. The van der Waals surface area contributed by atoms with Crippen LogP contribution in [0.4, 0.5) is 11.4 Å². The maximum atomic E-state index is 12.6. The molecule has 1 aliphatic heterocycles. The van der Waals surface area contributed by atoms with Crippen LogP contribution in [0.2, 0.25) is 0 Å². The van der Waals surface area contributed by atoms with Crippen LogP contribution in [0.5, 0.6) is 11.5 Å². The van der Waals surface area contributed by atoms with Crippen molar-refractivity contribution in [2.24, 2.45) is 5.92 Å². The molecule has 30 heavy (non-hydrogen) atoms. The van der Waals surface area contributed by atoms with Gasteiger partial charge in [0, 0.05) is 17.7 Å². The molecule has 0 aliphatic carbocycles. The molecular formula is C23H29N3O4. The number of hydrogen-bond acceptors (Lipinski definition) is 5. The Morgan fingerprint density at radius 2 is 1.73 bits per heavy atom. The molecule has 0 aromatic heterocycles. The fourth-order valence-corrected chi connectivity index (χ4v) is 3.60. The molecule has 1 saturated heterocycles. The fraction of sp³-hybridized carbons (Fsp3) is 0.391.